The molecule has 2 heteroatoms. The first-order chi connectivity index (χ1) is 6.68. The van der Waals surface area contributed by atoms with Crippen LogP contribution in [0.1, 0.15) is 16.7 Å². The van der Waals surface area contributed by atoms with E-state index < -0.39 is 0 Å². The highest BCUT2D eigenvalue weighted by Crippen LogP contribution is 2.27. The third-order valence-electron chi connectivity index (χ3n) is 2.37. The van der Waals surface area contributed by atoms with E-state index in [-0.39, 0.29) is 0 Å². The van der Waals surface area contributed by atoms with E-state index in [1.165, 1.54) is 22.3 Å². The topological polar surface area (TPSA) is 12.9 Å². The van der Waals surface area contributed by atoms with Gasteiger partial charge in [-0.05, 0) is 31.9 Å². The van der Waals surface area contributed by atoms with E-state index in [2.05, 4.69) is 43.3 Å². The van der Waals surface area contributed by atoms with Crippen LogP contribution in [0.2, 0.25) is 0 Å². The maximum atomic E-state index is 4.36. The maximum absolute atomic E-state index is 4.36. The molecule has 0 aliphatic carbocycles. The van der Waals surface area contributed by atoms with Crippen LogP contribution in [0.4, 0.5) is 0 Å². The van der Waals surface area contributed by atoms with Crippen LogP contribution in [0.3, 0.4) is 0 Å². The summed E-state index contributed by atoms with van der Waals surface area (Å²) < 4.78 is 0. The van der Waals surface area contributed by atoms with E-state index in [4.69, 9.17) is 0 Å². The number of hydrogen-bond acceptors (Lipinski definition) is 2. The number of benzene rings is 1. The molecule has 1 aromatic heterocycles. The molecule has 0 atom stereocenters. The smallest absolute Gasteiger partial charge is 0.0816 e. The highest BCUT2D eigenvalue weighted by Gasteiger charge is 2.07. The Hall–Kier alpha value is -1.15. The second-order valence-corrected chi connectivity index (χ2v) is 4.37. The van der Waals surface area contributed by atoms with Crippen LogP contribution in [-0.2, 0) is 0 Å². The second-order valence-electron chi connectivity index (χ2n) is 3.65. The number of aryl methyl sites for hydroxylation is 3. The van der Waals surface area contributed by atoms with Crippen LogP contribution in [-0.4, -0.2) is 4.98 Å². The van der Waals surface area contributed by atoms with Crippen molar-refractivity contribution < 1.29 is 0 Å². The summed E-state index contributed by atoms with van der Waals surface area (Å²) in [5.74, 6) is 0. The molecule has 0 radical (unpaired) electrons. The van der Waals surface area contributed by atoms with E-state index in [1.807, 2.05) is 5.51 Å². The Kier molecular flexibility index (Phi) is 2.38. The lowest BCUT2D eigenvalue weighted by molar-refractivity contribution is 1.29. The Bertz CT molecular complexity index is 420. The first-order valence-electron chi connectivity index (χ1n) is 4.65. The second kappa shape index (κ2) is 3.54. The van der Waals surface area contributed by atoms with Gasteiger partial charge in [-0.3, -0.25) is 0 Å². The van der Waals surface area contributed by atoms with Crippen LogP contribution in [0, 0.1) is 20.8 Å². The SMILES string of the molecule is Cc1cc(C)c(-c2cscn2)c(C)c1. The van der Waals surface area contributed by atoms with Gasteiger partial charge in [0.05, 0.1) is 11.2 Å². The van der Waals surface area contributed by atoms with Gasteiger partial charge >= 0.3 is 0 Å². The molecule has 0 aliphatic heterocycles. The minimum atomic E-state index is 1.10. The lowest BCUT2D eigenvalue weighted by Gasteiger charge is -2.08. The van der Waals surface area contributed by atoms with Crippen molar-refractivity contribution in [3.63, 3.8) is 0 Å². The molecule has 1 nitrogen and oxygen atoms in total. The minimum Gasteiger partial charge on any atom is -0.245 e. The van der Waals surface area contributed by atoms with Crippen molar-refractivity contribution in [3.8, 4) is 11.3 Å². The summed E-state index contributed by atoms with van der Waals surface area (Å²) in [5, 5.41) is 2.10. The average molecular weight is 203 g/mol. The summed E-state index contributed by atoms with van der Waals surface area (Å²) in [6.07, 6.45) is 0. The van der Waals surface area contributed by atoms with Gasteiger partial charge in [-0.15, -0.1) is 11.3 Å². The van der Waals surface area contributed by atoms with Crippen LogP contribution in [0.15, 0.2) is 23.0 Å². The molecule has 1 heterocycles. The van der Waals surface area contributed by atoms with Gasteiger partial charge in [-0.1, -0.05) is 17.7 Å². The zero-order valence-corrected chi connectivity index (χ0v) is 9.48. The molecule has 0 spiro atoms. The van der Waals surface area contributed by atoms with Crippen molar-refractivity contribution in [1.29, 1.82) is 0 Å². The van der Waals surface area contributed by atoms with E-state index in [0.717, 1.165) is 5.69 Å². The lowest BCUT2D eigenvalue weighted by Crippen LogP contribution is -1.89. The third kappa shape index (κ3) is 1.58. The van der Waals surface area contributed by atoms with E-state index >= 15 is 0 Å². The summed E-state index contributed by atoms with van der Waals surface area (Å²) in [6, 6.07) is 4.42. The molecule has 2 rings (SSSR count). The van der Waals surface area contributed by atoms with Gasteiger partial charge in [-0.25, -0.2) is 4.98 Å². The Labute approximate surface area is 88.4 Å². The van der Waals surface area contributed by atoms with Gasteiger partial charge in [-0.2, -0.15) is 0 Å². The summed E-state index contributed by atoms with van der Waals surface area (Å²) in [4.78, 5) is 4.36. The fourth-order valence-corrected chi connectivity index (χ4v) is 2.46. The van der Waals surface area contributed by atoms with E-state index in [1.54, 1.807) is 11.3 Å². The number of thiazole rings is 1. The minimum absolute atomic E-state index is 1.10. The van der Waals surface area contributed by atoms with Crippen LogP contribution >= 0.6 is 11.3 Å². The quantitative estimate of drug-likeness (QED) is 0.688. The average Bonchev–Trinajstić information content (AvgIpc) is 2.54. The van der Waals surface area contributed by atoms with Crippen molar-refractivity contribution in [1.82, 2.24) is 4.98 Å². The zero-order valence-electron chi connectivity index (χ0n) is 8.66. The largest absolute Gasteiger partial charge is 0.245 e. The van der Waals surface area contributed by atoms with Crippen molar-refractivity contribution in [3.05, 3.63) is 39.7 Å². The van der Waals surface area contributed by atoms with Crippen molar-refractivity contribution in [2.24, 2.45) is 0 Å². The Balaban J connectivity index is 2.64. The fourth-order valence-electron chi connectivity index (χ4n) is 1.92. The number of hydrogen-bond donors (Lipinski definition) is 0. The van der Waals surface area contributed by atoms with E-state index in [0.29, 0.717) is 0 Å². The molecule has 0 saturated carbocycles. The summed E-state index contributed by atoms with van der Waals surface area (Å²) in [7, 11) is 0. The molecule has 1 aromatic carbocycles. The van der Waals surface area contributed by atoms with Crippen LogP contribution in [0.25, 0.3) is 11.3 Å². The zero-order chi connectivity index (χ0) is 10.1. The molecule has 2 aromatic rings. The van der Waals surface area contributed by atoms with Gasteiger partial charge in [0, 0.05) is 10.9 Å². The highest BCUT2D eigenvalue weighted by atomic mass is 32.1. The Morgan fingerprint density at radius 2 is 1.71 bits per heavy atom. The molecule has 0 aliphatic rings. The molecule has 0 fully saturated rings. The molecule has 72 valence electrons. The standard InChI is InChI=1S/C12H13NS/c1-8-4-9(2)12(10(3)5-8)11-6-14-7-13-11/h4-7H,1-3H3. The number of rotatable bonds is 1. The first-order valence-corrected chi connectivity index (χ1v) is 5.59. The Morgan fingerprint density at radius 3 is 2.21 bits per heavy atom. The van der Waals surface area contributed by atoms with Gasteiger partial charge in [0.1, 0.15) is 0 Å². The maximum Gasteiger partial charge on any atom is 0.0816 e. The molecule has 0 amide bonds. The number of aromatic nitrogens is 1. The van der Waals surface area contributed by atoms with Crippen molar-refractivity contribution in [2.45, 2.75) is 20.8 Å². The normalized spacial score (nSPS) is 10.5. The fraction of sp³-hybridized carbons (Fsp3) is 0.250. The van der Waals surface area contributed by atoms with Gasteiger partial charge in [0.15, 0.2) is 0 Å². The van der Waals surface area contributed by atoms with Crippen LogP contribution in [0.5, 0.6) is 0 Å². The molecule has 0 saturated heterocycles. The monoisotopic (exact) mass is 203 g/mol. The summed E-state index contributed by atoms with van der Waals surface area (Å²) >= 11 is 1.64. The predicted octanol–water partition coefficient (Wildman–Crippen LogP) is 3.74. The highest BCUT2D eigenvalue weighted by molar-refractivity contribution is 7.07. The first kappa shape index (κ1) is 9.41. The van der Waals surface area contributed by atoms with Gasteiger partial charge in [0.25, 0.3) is 0 Å². The van der Waals surface area contributed by atoms with Crippen LogP contribution < -0.4 is 0 Å². The van der Waals surface area contributed by atoms with E-state index in [9.17, 15) is 0 Å². The van der Waals surface area contributed by atoms with Crippen molar-refractivity contribution in [2.75, 3.05) is 0 Å². The van der Waals surface area contributed by atoms with Gasteiger partial charge in [0.2, 0.25) is 0 Å². The van der Waals surface area contributed by atoms with Gasteiger partial charge < -0.3 is 0 Å². The molecule has 14 heavy (non-hydrogen) atoms. The molecule has 0 N–H and O–H groups in total. The van der Waals surface area contributed by atoms with Crippen molar-refractivity contribution >= 4 is 11.3 Å². The lowest BCUT2D eigenvalue weighted by atomic mass is 9.98. The molecular formula is C12H13NS. The summed E-state index contributed by atoms with van der Waals surface area (Å²) in [5.41, 5.74) is 8.22. The third-order valence-corrected chi connectivity index (χ3v) is 2.95. The predicted molar refractivity (Wildman–Crippen MR) is 61.8 cm³/mol. The molecule has 0 unspecified atom stereocenters. The Morgan fingerprint density at radius 1 is 1.07 bits per heavy atom. The number of nitrogens with zero attached hydrogens (tertiary/aromatic N) is 1. The molecule has 0 bridgehead atoms. The summed E-state index contributed by atoms with van der Waals surface area (Å²) in [6.45, 7) is 6.42. The molecular weight excluding hydrogens is 190 g/mol.